The standard InChI is InChI=1S/C15H11F3N2O3S/c1-3-13(21)23-8-9(2)20-14(22)12-5-4-11(6-10(12)7-19)24-15(16,17)18/h1,4-6,9H,8H2,2H3,(H,20,22). The van der Waals surface area contributed by atoms with Crippen LogP contribution in [0, 0.1) is 23.7 Å². The molecule has 1 aromatic rings. The fourth-order valence-corrected chi connectivity index (χ4v) is 2.18. The summed E-state index contributed by atoms with van der Waals surface area (Å²) >= 11 is -0.381. The van der Waals surface area contributed by atoms with Gasteiger partial charge in [-0.15, -0.1) is 6.42 Å². The number of nitrogens with zero attached hydrogens (tertiary/aromatic N) is 1. The molecule has 126 valence electrons. The lowest BCUT2D eigenvalue weighted by Gasteiger charge is -2.14. The highest BCUT2D eigenvalue weighted by Gasteiger charge is 2.29. The monoisotopic (exact) mass is 356 g/mol. The van der Waals surface area contributed by atoms with Crippen molar-refractivity contribution in [2.75, 3.05) is 6.61 Å². The maximum Gasteiger partial charge on any atom is 0.446 e. The van der Waals surface area contributed by atoms with Crippen molar-refractivity contribution in [2.24, 2.45) is 0 Å². The van der Waals surface area contributed by atoms with Gasteiger partial charge in [-0.05, 0) is 36.9 Å². The molecule has 0 heterocycles. The number of hydrogen-bond acceptors (Lipinski definition) is 5. The Morgan fingerprint density at radius 3 is 2.67 bits per heavy atom. The smallest absolute Gasteiger partial charge is 0.446 e. The molecule has 0 aliphatic carbocycles. The average Bonchev–Trinajstić information content (AvgIpc) is 2.50. The molecule has 1 aromatic carbocycles. The summed E-state index contributed by atoms with van der Waals surface area (Å²) in [5, 5.41) is 11.5. The number of ether oxygens (including phenoxy) is 1. The van der Waals surface area contributed by atoms with Crippen LogP contribution in [0.3, 0.4) is 0 Å². The van der Waals surface area contributed by atoms with Gasteiger partial charge in [-0.2, -0.15) is 18.4 Å². The Hall–Kier alpha value is -2.65. The van der Waals surface area contributed by atoms with E-state index in [1.165, 1.54) is 6.92 Å². The van der Waals surface area contributed by atoms with Crippen LogP contribution in [0.5, 0.6) is 0 Å². The molecular weight excluding hydrogens is 345 g/mol. The minimum atomic E-state index is -4.49. The van der Waals surface area contributed by atoms with Crippen LogP contribution in [0.1, 0.15) is 22.8 Å². The molecule has 0 radical (unpaired) electrons. The number of terminal acetylenes is 1. The fraction of sp³-hybridized carbons (Fsp3) is 0.267. The molecule has 9 heteroatoms. The number of alkyl halides is 3. The lowest BCUT2D eigenvalue weighted by molar-refractivity contribution is -0.137. The van der Waals surface area contributed by atoms with E-state index in [4.69, 9.17) is 11.7 Å². The van der Waals surface area contributed by atoms with Crippen molar-refractivity contribution >= 4 is 23.6 Å². The second kappa shape index (κ2) is 8.27. The second-order valence-corrected chi connectivity index (χ2v) is 5.62. The Balaban J connectivity index is 2.82. The molecule has 0 spiro atoms. The van der Waals surface area contributed by atoms with E-state index in [1.807, 2.05) is 0 Å². The Kier molecular flexibility index (Phi) is 6.69. The van der Waals surface area contributed by atoms with Gasteiger partial charge in [-0.1, -0.05) is 0 Å². The Bertz CT molecular complexity index is 720. The maximum atomic E-state index is 12.3. The van der Waals surface area contributed by atoms with Gasteiger partial charge in [-0.3, -0.25) is 4.79 Å². The van der Waals surface area contributed by atoms with Crippen LogP contribution in [0.4, 0.5) is 13.2 Å². The molecular formula is C15H11F3N2O3S. The van der Waals surface area contributed by atoms with Gasteiger partial charge in [0.25, 0.3) is 5.91 Å². The summed E-state index contributed by atoms with van der Waals surface area (Å²) in [6.45, 7) is 1.35. The summed E-state index contributed by atoms with van der Waals surface area (Å²) < 4.78 is 41.6. The summed E-state index contributed by atoms with van der Waals surface area (Å²) in [6.07, 6.45) is 4.82. The topological polar surface area (TPSA) is 79.2 Å². The molecule has 1 unspecified atom stereocenters. The molecule has 1 N–H and O–H groups in total. The SMILES string of the molecule is C#CC(=O)OCC(C)NC(=O)c1ccc(SC(F)(F)F)cc1C#N. The molecule has 1 amide bonds. The lowest BCUT2D eigenvalue weighted by Crippen LogP contribution is -2.36. The predicted octanol–water partition coefficient (Wildman–Crippen LogP) is 2.46. The molecule has 24 heavy (non-hydrogen) atoms. The van der Waals surface area contributed by atoms with Crippen LogP contribution in [0.2, 0.25) is 0 Å². The lowest BCUT2D eigenvalue weighted by atomic mass is 10.1. The molecule has 1 rings (SSSR count). The fourth-order valence-electron chi connectivity index (χ4n) is 1.60. The van der Waals surface area contributed by atoms with Crippen molar-refractivity contribution in [1.29, 1.82) is 5.26 Å². The number of nitriles is 1. The van der Waals surface area contributed by atoms with Crippen molar-refractivity contribution < 1.29 is 27.5 Å². The predicted molar refractivity (Wildman–Crippen MR) is 79.8 cm³/mol. The number of rotatable bonds is 5. The normalized spacial score (nSPS) is 11.8. The van der Waals surface area contributed by atoms with E-state index in [0.717, 1.165) is 18.2 Å². The molecule has 0 fully saturated rings. The van der Waals surface area contributed by atoms with E-state index < -0.39 is 23.4 Å². The zero-order valence-corrected chi connectivity index (χ0v) is 13.1. The highest BCUT2D eigenvalue weighted by Crippen LogP contribution is 2.37. The van der Waals surface area contributed by atoms with Crippen molar-refractivity contribution in [3.63, 3.8) is 0 Å². The molecule has 0 aliphatic heterocycles. The minimum absolute atomic E-state index is 0.0841. The van der Waals surface area contributed by atoms with Gasteiger partial charge in [0.05, 0.1) is 23.2 Å². The molecule has 1 atom stereocenters. The maximum absolute atomic E-state index is 12.3. The van der Waals surface area contributed by atoms with Crippen molar-refractivity contribution in [3.8, 4) is 18.4 Å². The van der Waals surface area contributed by atoms with Crippen LogP contribution in [0.25, 0.3) is 0 Å². The number of thioether (sulfide) groups is 1. The number of hydrogen-bond donors (Lipinski definition) is 1. The van der Waals surface area contributed by atoms with Gasteiger partial charge in [-0.25, -0.2) is 4.79 Å². The summed E-state index contributed by atoms with van der Waals surface area (Å²) in [5.74, 6) is 0.169. The third-order valence-corrected chi connectivity index (χ3v) is 3.27. The van der Waals surface area contributed by atoms with Crippen LogP contribution >= 0.6 is 11.8 Å². The first-order valence-electron chi connectivity index (χ1n) is 6.40. The Morgan fingerprint density at radius 1 is 1.46 bits per heavy atom. The van der Waals surface area contributed by atoms with E-state index >= 15 is 0 Å². The van der Waals surface area contributed by atoms with E-state index in [9.17, 15) is 22.8 Å². The van der Waals surface area contributed by atoms with E-state index in [1.54, 1.807) is 12.0 Å². The van der Waals surface area contributed by atoms with Gasteiger partial charge in [0.2, 0.25) is 0 Å². The highest BCUT2D eigenvalue weighted by molar-refractivity contribution is 8.00. The van der Waals surface area contributed by atoms with Crippen molar-refractivity contribution in [1.82, 2.24) is 5.32 Å². The average molecular weight is 356 g/mol. The third-order valence-electron chi connectivity index (χ3n) is 2.55. The second-order valence-electron chi connectivity index (χ2n) is 4.48. The van der Waals surface area contributed by atoms with E-state index in [2.05, 4.69) is 10.1 Å². The van der Waals surface area contributed by atoms with Crippen molar-refractivity contribution in [2.45, 2.75) is 23.4 Å². The van der Waals surface area contributed by atoms with E-state index in [0.29, 0.717) is 0 Å². The summed E-state index contributed by atoms with van der Waals surface area (Å²) in [6, 6.07) is 4.28. The van der Waals surface area contributed by atoms with E-state index in [-0.39, 0.29) is 34.4 Å². The first kappa shape index (κ1) is 19.4. The molecule has 0 aliphatic rings. The quantitative estimate of drug-likeness (QED) is 0.379. The van der Waals surface area contributed by atoms with Crippen LogP contribution < -0.4 is 5.32 Å². The minimum Gasteiger partial charge on any atom is -0.454 e. The molecule has 5 nitrogen and oxygen atoms in total. The zero-order chi connectivity index (χ0) is 18.3. The first-order chi connectivity index (χ1) is 11.2. The zero-order valence-electron chi connectivity index (χ0n) is 12.3. The summed E-state index contributed by atoms with van der Waals surface area (Å²) in [5.41, 5.74) is -4.78. The number of carbonyl (C=O) groups is 2. The number of benzene rings is 1. The summed E-state index contributed by atoms with van der Waals surface area (Å²) in [7, 11) is 0. The van der Waals surface area contributed by atoms with Crippen LogP contribution in [-0.4, -0.2) is 30.0 Å². The van der Waals surface area contributed by atoms with Crippen LogP contribution in [-0.2, 0) is 9.53 Å². The third kappa shape index (κ3) is 6.23. The molecule has 0 saturated carbocycles. The summed E-state index contributed by atoms with van der Waals surface area (Å²) in [4.78, 5) is 22.7. The van der Waals surface area contributed by atoms with Gasteiger partial charge in [0, 0.05) is 10.8 Å². The number of nitrogens with one attached hydrogen (secondary N) is 1. The molecule has 0 aromatic heterocycles. The number of amides is 1. The van der Waals surface area contributed by atoms with Gasteiger partial charge in [0.15, 0.2) is 0 Å². The van der Waals surface area contributed by atoms with Gasteiger partial charge >= 0.3 is 11.5 Å². The van der Waals surface area contributed by atoms with Crippen LogP contribution in [0.15, 0.2) is 23.1 Å². The van der Waals surface area contributed by atoms with Crippen molar-refractivity contribution in [3.05, 3.63) is 29.3 Å². The molecule has 0 bridgehead atoms. The van der Waals surface area contributed by atoms with Gasteiger partial charge in [0.1, 0.15) is 6.61 Å². The number of esters is 1. The number of halogens is 3. The van der Waals surface area contributed by atoms with Gasteiger partial charge < -0.3 is 10.1 Å². The Labute approximate surface area is 140 Å². The highest BCUT2D eigenvalue weighted by atomic mass is 32.2. The first-order valence-corrected chi connectivity index (χ1v) is 7.22. The molecule has 0 saturated heterocycles. The number of carbonyl (C=O) groups excluding carboxylic acids is 2. The Morgan fingerprint density at radius 2 is 2.12 bits per heavy atom. The largest absolute Gasteiger partial charge is 0.454 e.